The van der Waals surface area contributed by atoms with Gasteiger partial charge < -0.3 is 23.4 Å². The van der Waals surface area contributed by atoms with E-state index in [0.29, 0.717) is 17.1 Å². The van der Waals surface area contributed by atoms with Crippen molar-refractivity contribution in [2.45, 2.75) is 13.2 Å². The van der Waals surface area contributed by atoms with E-state index < -0.39 is 11.9 Å². The van der Waals surface area contributed by atoms with E-state index in [4.69, 9.17) is 23.4 Å². The van der Waals surface area contributed by atoms with E-state index in [1.807, 2.05) is 13.0 Å². The Labute approximate surface area is 122 Å². The second kappa shape index (κ2) is 6.60. The zero-order valence-corrected chi connectivity index (χ0v) is 12.5. The molecule has 114 valence electrons. The zero-order chi connectivity index (χ0) is 15.4. The Morgan fingerprint density at radius 1 is 1.19 bits per heavy atom. The molecule has 0 aliphatic heterocycles. The molecule has 0 N–H and O–H groups in total. The molecule has 0 bridgehead atoms. The Morgan fingerprint density at radius 3 is 2.52 bits per heavy atom. The minimum atomic E-state index is -0.491. The van der Waals surface area contributed by atoms with Crippen LogP contribution < -0.4 is 15.1 Å². The highest BCUT2D eigenvalue weighted by Gasteiger charge is 2.16. The highest BCUT2D eigenvalue weighted by molar-refractivity contribution is 5.87. The topological polar surface area (TPSA) is 67.1 Å². The van der Waals surface area contributed by atoms with Crippen molar-refractivity contribution in [3.63, 3.8) is 0 Å². The standard InChI is InChI=1S/C15H18O6/c1-9-7-12(16)21-14-10(9)5-6-11(15(14)19-4)20-8-13(17-2)18-3/h5-7,13H,8H2,1-4H3. The fourth-order valence-corrected chi connectivity index (χ4v) is 2.04. The summed E-state index contributed by atoms with van der Waals surface area (Å²) < 4.78 is 26.3. The molecule has 0 radical (unpaired) electrons. The molecular weight excluding hydrogens is 276 g/mol. The molecule has 0 fully saturated rings. The van der Waals surface area contributed by atoms with Gasteiger partial charge in [0.05, 0.1) is 7.11 Å². The van der Waals surface area contributed by atoms with Crippen LogP contribution in [0.1, 0.15) is 5.56 Å². The van der Waals surface area contributed by atoms with Gasteiger partial charge in [0.1, 0.15) is 6.61 Å². The van der Waals surface area contributed by atoms with Crippen molar-refractivity contribution in [1.82, 2.24) is 0 Å². The Balaban J connectivity index is 2.43. The van der Waals surface area contributed by atoms with E-state index in [1.165, 1.54) is 27.4 Å². The van der Waals surface area contributed by atoms with Crippen LogP contribution >= 0.6 is 0 Å². The third-order valence-corrected chi connectivity index (χ3v) is 3.14. The Morgan fingerprint density at radius 2 is 1.90 bits per heavy atom. The van der Waals surface area contributed by atoms with Crippen LogP contribution in [0.15, 0.2) is 27.4 Å². The molecule has 6 nitrogen and oxygen atoms in total. The van der Waals surface area contributed by atoms with Crippen molar-refractivity contribution in [3.05, 3.63) is 34.2 Å². The van der Waals surface area contributed by atoms with Gasteiger partial charge in [0, 0.05) is 25.7 Å². The van der Waals surface area contributed by atoms with Crippen molar-refractivity contribution >= 4 is 11.0 Å². The number of methoxy groups -OCH3 is 3. The number of benzene rings is 1. The summed E-state index contributed by atoms with van der Waals surface area (Å²) in [7, 11) is 4.54. The number of fused-ring (bicyclic) bond motifs is 1. The maximum Gasteiger partial charge on any atom is 0.336 e. The molecule has 2 rings (SSSR count). The predicted molar refractivity (Wildman–Crippen MR) is 77.1 cm³/mol. The van der Waals surface area contributed by atoms with Gasteiger partial charge in [-0.25, -0.2) is 4.79 Å². The van der Waals surface area contributed by atoms with E-state index in [1.54, 1.807) is 6.07 Å². The van der Waals surface area contributed by atoms with Gasteiger partial charge in [-0.3, -0.25) is 0 Å². The minimum absolute atomic E-state index is 0.185. The molecule has 0 atom stereocenters. The van der Waals surface area contributed by atoms with Crippen LogP contribution in [-0.2, 0) is 9.47 Å². The average Bonchev–Trinajstić information content (AvgIpc) is 2.47. The molecule has 0 unspecified atom stereocenters. The van der Waals surface area contributed by atoms with E-state index in [2.05, 4.69) is 0 Å². The van der Waals surface area contributed by atoms with Crippen molar-refractivity contribution in [2.75, 3.05) is 27.9 Å². The van der Waals surface area contributed by atoms with E-state index in [-0.39, 0.29) is 6.61 Å². The van der Waals surface area contributed by atoms with E-state index >= 15 is 0 Å². The lowest BCUT2D eigenvalue weighted by molar-refractivity contribution is -0.122. The second-order valence-corrected chi connectivity index (χ2v) is 4.43. The fourth-order valence-electron chi connectivity index (χ4n) is 2.04. The Kier molecular flexibility index (Phi) is 4.82. The van der Waals surface area contributed by atoms with E-state index in [0.717, 1.165) is 10.9 Å². The first kappa shape index (κ1) is 15.3. The molecule has 2 aromatic rings. The molecule has 6 heteroatoms. The van der Waals surface area contributed by atoms with Gasteiger partial charge in [0.15, 0.2) is 17.6 Å². The molecule has 0 saturated carbocycles. The molecule has 0 aliphatic rings. The summed E-state index contributed by atoms with van der Waals surface area (Å²) in [4.78, 5) is 11.5. The summed E-state index contributed by atoms with van der Waals surface area (Å²) in [5.41, 5.74) is 0.756. The van der Waals surface area contributed by atoms with Gasteiger partial charge in [-0.05, 0) is 24.6 Å². The van der Waals surface area contributed by atoms with Crippen molar-refractivity contribution in [1.29, 1.82) is 0 Å². The summed E-state index contributed by atoms with van der Waals surface area (Å²) in [6.07, 6.45) is -0.491. The molecule has 1 aromatic carbocycles. The van der Waals surface area contributed by atoms with Gasteiger partial charge >= 0.3 is 5.63 Å². The lowest BCUT2D eigenvalue weighted by Crippen LogP contribution is -2.22. The maximum atomic E-state index is 11.5. The lowest BCUT2D eigenvalue weighted by Gasteiger charge is -2.16. The van der Waals surface area contributed by atoms with Crippen LogP contribution in [0, 0.1) is 6.92 Å². The number of aryl methyl sites for hydroxylation is 1. The summed E-state index contributed by atoms with van der Waals surface area (Å²) in [5, 5.41) is 0.800. The van der Waals surface area contributed by atoms with Crippen molar-refractivity contribution in [2.24, 2.45) is 0 Å². The number of hydrogen-bond donors (Lipinski definition) is 0. The molecule has 0 amide bonds. The monoisotopic (exact) mass is 294 g/mol. The van der Waals surface area contributed by atoms with Crippen LogP contribution in [0.3, 0.4) is 0 Å². The van der Waals surface area contributed by atoms with Crippen molar-refractivity contribution < 1.29 is 23.4 Å². The number of hydrogen-bond acceptors (Lipinski definition) is 6. The maximum absolute atomic E-state index is 11.5. The van der Waals surface area contributed by atoms with Crippen LogP contribution in [0.4, 0.5) is 0 Å². The number of ether oxygens (including phenoxy) is 4. The highest BCUT2D eigenvalue weighted by Crippen LogP contribution is 2.36. The third-order valence-electron chi connectivity index (χ3n) is 3.14. The summed E-state index contributed by atoms with van der Waals surface area (Å²) >= 11 is 0. The van der Waals surface area contributed by atoms with Crippen LogP contribution in [0.25, 0.3) is 11.0 Å². The molecule has 1 aromatic heterocycles. The highest BCUT2D eigenvalue weighted by atomic mass is 16.7. The molecule has 0 saturated heterocycles. The van der Waals surface area contributed by atoms with Gasteiger partial charge in [-0.15, -0.1) is 0 Å². The number of rotatable bonds is 6. The van der Waals surface area contributed by atoms with Gasteiger partial charge in [-0.2, -0.15) is 0 Å². The first-order valence-corrected chi connectivity index (χ1v) is 6.40. The molecular formula is C15H18O6. The molecule has 0 spiro atoms. The largest absolute Gasteiger partial charge is 0.490 e. The van der Waals surface area contributed by atoms with Crippen LogP contribution in [-0.4, -0.2) is 34.2 Å². The summed E-state index contributed by atoms with van der Waals surface area (Å²) in [6.45, 7) is 2.02. The lowest BCUT2D eigenvalue weighted by atomic mass is 10.1. The van der Waals surface area contributed by atoms with Gasteiger partial charge in [0.25, 0.3) is 0 Å². The second-order valence-electron chi connectivity index (χ2n) is 4.43. The quantitative estimate of drug-likeness (QED) is 0.600. The Hall–Kier alpha value is -2.05. The van der Waals surface area contributed by atoms with Crippen LogP contribution in [0.2, 0.25) is 0 Å². The Bertz CT molecular complexity index is 672. The average molecular weight is 294 g/mol. The first-order valence-electron chi connectivity index (χ1n) is 6.40. The molecule has 1 heterocycles. The smallest absolute Gasteiger partial charge is 0.336 e. The summed E-state index contributed by atoms with van der Waals surface area (Å²) in [6, 6.07) is 5.02. The third kappa shape index (κ3) is 3.17. The van der Waals surface area contributed by atoms with E-state index in [9.17, 15) is 4.79 Å². The predicted octanol–water partition coefficient (Wildman–Crippen LogP) is 2.11. The minimum Gasteiger partial charge on any atom is -0.490 e. The molecule has 0 aliphatic carbocycles. The fraction of sp³-hybridized carbons (Fsp3) is 0.400. The first-order chi connectivity index (χ1) is 10.1. The normalized spacial score (nSPS) is 11.1. The van der Waals surface area contributed by atoms with Gasteiger partial charge in [-0.1, -0.05) is 0 Å². The SMILES string of the molecule is COc1c(OCC(OC)OC)ccc2c(C)cc(=O)oc12. The van der Waals surface area contributed by atoms with Crippen LogP contribution in [0.5, 0.6) is 11.5 Å². The summed E-state index contributed by atoms with van der Waals surface area (Å²) in [5.74, 6) is 0.831. The van der Waals surface area contributed by atoms with Gasteiger partial charge in [0.2, 0.25) is 5.75 Å². The van der Waals surface area contributed by atoms with Crippen molar-refractivity contribution in [3.8, 4) is 11.5 Å². The zero-order valence-electron chi connectivity index (χ0n) is 12.5. The molecule has 21 heavy (non-hydrogen) atoms.